The highest BCUT2D eigenvalue weighted by atomic mass is 31.2. The first-order valence-electron chi connectivity index (χ1n) is 9.38. The Hall–Kier alpha value is -1.91. The molecule has 1 unspecified atom stereocenters. The molecule has 0 amide bonds. The van der Waals surface area contributed by atoms with Crippen LogP contribution in [0.15, 0.2) is 91.0 Å². The molecule has 0 aliphatic rings. The molecular weight excluding hydrogens is 283 g/mol. The zero-order valence-electron chi connectivity index (χ0n) is 16.6. The van der Waals surface area contributed by atoms with Crippen LogP contribution in [0.1, 0.15) is 19.3 Å². The molecule has 1 heteroatoms. The normalized spacial score (nSPS) is 17.5. The largest absolute Gasteiger partial charge is 0.114 e. The molecule has 110 valence electrons. The fraction of sp³-hybridized carbons (Fsp3) is 0.143. The van der Waals surface area contributed by atoms with Gasteiger partial charge in [-0.25, -0.2) is 0 Å². The minimum absolute atomic E-state index is 0.908. The highest BCUT2D eigenvalue weighted by Crippen LogP contribution is 2.59. The molecule has 0 spiro atoms. The van der Waals surface area contributed by atoms with E-state index in [2.05, 4.69) is 0 Å². The summed E-state index contributed by atoms with van der Waals surface area (Å²) in [7, 11) is -2.77. The van der Waals surface area contributed by atoms with Crippen molar-refractivity contribution in [3.05, 3.63) is 91.0 Å². The van der Waals surface area contributed by atoms with Gasteiger partial charge >= 0.3 is 0 Å². The average molecular weight is 309 g/mol. The lowest BCUT2D eigenvalue weighted by atomic mass is 10.3. The Bertz CT molecular complexity index is 747. The summed E-state index contributed by atoms with van der Waals surface area (Å²) in [5, 5.41) is 2.73. The third-order valence-corrected chi connectivity index (χ3v) is 8.16. The van der Waals surface area contributed by atoms with Gasteiger partial charge in [0.25, 0.3) is 0 Å². The van der Waals surface area contributed by atoms with Gasteiger partial charge in [-0.2, -0.15) is 0 Å². The Labute approximate surface area is 139 Å². The third kappa shape index (κ3) is 2.49. The van der Waals surface area contributed by atoms with Crippen LogP contribution in [0, 0.1) is 0 Å². The molecule has 3 aromatic carbocycles. The van der Waals surface area contributed by atoms with Gasteiger partial charge in [0.05, 0.1) is 7.01 Å². The van der Waals surface area contributed by atoms with E-state index in [1.807, 2.05) is 91.0 Å². The van der Waals surface area contributed by atoms with E-state index in [4.69, 9.17) is 4.11 Å². The number of rotatable bonds is 4. The van der Waals surface area contributed by atoms with Gasteiger partial charge < -0.3 is 0 Å². The first-order valence-corrected chi connectivity index (χ1v) is 9.17. The first kappa shape index (κ1) is 10.8. The summed E-state index contributed by atoms with van der Waals surface area (Å²) in [6.45, 7) is -0.872. The highest BCUT2D eigenvalue weighted by molar-refractivity contribution is 7.96. The fourth-order valence-corrected chi connectivity index (χ4v) is 6.90. The van der Waals surface area contributed by atoms with Crippen molar-refractivity contribution >= 4 is 23.2 Å². The molecule has 0 nitrogen and oxygen atoms in total. The van der Waals surface area contributed by atoms with Crippen LogP contribution in [-0.4, -0.2) is 5.64 Å². The predicted molar refractivity (Wildman–Crippen MR) is 100 cm³/mol. The zero-order valence-corrected chi connectivity index (χ0v) is 13.5. The minimum Gasteiger partial charge on any atom is -0.0620 e. The van der Waals surface area contributed by atoms with Gasteiger partial charge in [-0.3, -0.25) is 0 Å². The van der Waals surface area contributed by atoms with Crippen LogP contribution in [0.25, 0.3) is 0 Å². The van der Waals surface area contributed by atoms with Crippen LogP contribution in [-0.2, 0) is 0 Å². The Morgan fingerprint density at radius 1 is 0.682 bits per heavy atom. The van der Waals surface area contributed by atoms with E-state index >= 15 is 0 Å². The summed E-state index contributed by atoms with van der Waals surface area (Å²) >= 11 is 0. The van der Waals surface area contributed by atoms with Gasteiger partial charge in [-0.05, 0) is 50.2 Å². The minimum atomic E-state index is -2.77. The van der Waals surface area contributed by atoms with E-state index in [1.54, 1.807) is 6.92 Å². The zero-order chi connectivity index (χ0) is 18.8. The lowest BCUT2D eigenvalue weighted by molar-refractivity contribution is 1.09. The summed E-state index contributed by atoms with van der Waals surface area (Å²) < 4.78 is 33.8. The van der Waals surface area contributed by atoms with E-state index in [1.165, 1.54) is 0 Å². The topological polar surface area (TPSA) is 0 Å². The van der Waals surface area contributed by atoms with Crippen molar-refractivity contribution in [2.75, 3.05) is 0 Å². The molecule has 0 aliphatic carbocycles. The Morgan fingerprint density at radius 2 is 1.00 bits per heavy atom. The maximum absolute atomic E-state index is 9.18. The summed E-state index contributed by atoms with van der Waals surface area (Å²) in [5.74, 6) is 0. The number of benzene rings is 3. The van der Waals surface area contributed by atoms with Gasteiger partial charge in [-0.1, -0.05) is 54.6 Å². The van der Waals surface area contributed by atoms with E-state index in [0.717, 1.165) is 15.9 Å². The Morgan fingerprint density at radius 3 is 1.27 bits per heavy atom. The molecule has 0 heterocycles. The molecule has 0 aromatic heterocycles. The van der Waals surface area contributed by atoms with Gasteiger partial charge in [0.1, 0.15) is 23.2 Å². The maximum Gasteiger partial charge on any atom is 0.114 e. The Balaban J connectivity index is 2.48. The molecule has 0 bridgehead atoms. The summed E-state index contributed by atoms with van der Waals surface area (Å²) in [5.41, 5.74) is -1.68. The molecular formula is C21H22P+. The van der Waals surface area contributed by atoms with Crippen molar-refractivity contribution in [2.24, 2.45) is 0 Å². The third-order valence-electron chi connectivity index (χ3n) is 3.93. The van der Waals surface area contributed by atoms with Crippen LogP contribution < -0.4 is 15.9 Å². The van der Waals surface area contributed by atoms with Gasteiger partial charge in [-0.15, -0.1) is 0 Å². The van der Waals surface area contributed by atoms with Crippen LogP contribution in [0.4, 0.5) is 0 Å². The predicted octanol–water partition coefficient (Wildman–Crippen LogP) is 4.39. The summed E-state index contributed by atoms with van der Waals surface area (Å²) in [6, 6.07) is 29.1. The number of hydrogen-bond donors (Lipinski definition) is 0. The lowest BCUT2D eigenvalue weighted by Crippen LogP contribution is -2.36. The van der Waals surface area contributed by atoms with Crippen molar-refractivity contribution in [3.8, 4) is 0 Å². The SMILES string of the molecule is [2H]C([2H])([2H])C([2H])(C)[P+](c1ccccc1)(c1ccccc1)c1ccccc1. The van der Waals surface area contributed by atoms with Crippen LogP contribution in [0.2, 0.25) is 0 Å². The van der Waals surface area contributed by atoms with Crippen molar-refractivity contribution in [1.29, 1.82) is 0 Å². The van der Waals surface area contributed by atoms with E-state index < -0.39 is 19.7 Å². The quantitative estimate of drug-likeness (QED) is 0.627. The molecule has 0 radical (unpaired) electrons. The van der Waals surface area contributed by atoms with Crippen molar-refractivity contribution in [1.82, 2.24) is 0 Å². The van der Waals surface area contributed by atoms with Crippen LogP contribution in [0.3, 0.4) is 0 Å². The molecule has 1 atom stereocenters. The van der Waals surface area contributed by atoms with E-state index in [9.17, 15) is 1.37 Å². The second-order valence-corrected chi connectivity index (χ2v) is 8.82. The standard InChI is InChI=1S/C21H22P/c1-18(2)22(19-12-6-3-7-13-19,20-14-8-4-9-15-20)21-16-10-5-11-17-21/h3-18H,1-2H3/q+1/i1D3,18D. The molecule has 0 saturated carbocycles. The molecule has 3 aromatic rings. The molecule has 0 saturated heterocycles. The number of hydrogen-bond acceptors (Lipinski definition) is 0. The maximum atomic E-state index is 9.18. The Kier molecular flexibility index (Phi) is 3.16. The van der Waals surface area contributed by atoms with E-state index in [-0.39, 0.29) is 0 Å². The highest BCUT2D eigenvalue weighted by Gasteiger charge is 2.48. The fourth-order valence-electron chi connectivity index (χ4n) is 2.98. The smallest absolute Gasteiger partial charge is 0.0620 e. The molecule has 3 rings (SSSR count). The molecule has 22 heavy (non-hydrogen) atoms. The first-order chi connectivity index (χ1) is 12.3. The second-order valence-electron chi connectivity index (χ2n) is 5.26. The summed E-state index contributed by atoms with van der Waals surface area (Å²) in [4.78, 5) is 0. The lowest BCUT2D eigenvalue weighted by Gasteiger charge is -2.31. The summed E-state index contributed by atoms with van der Waals surface area (Å²) in [6.07, 6.45) is 0. The molecule has 0 fully saturated rings. The van der Waals surface area contributed by atoms with Gasteiger partial charge in [0, 0.05) is 4.11 Å². The van der Waals surface area contributed by atoms with Crippen LogP contribution in [0.5, 0.6) is 0 Å². The molecule has 0 N–H and O–H groups in total. The van der Waals surface area contributed by atoms with E-state index in [0.29, 0.717) is 0 Å². The van der Waals surface area contributed by atoms with Crippen molar-refractivity contribution in [3.63, 3.8) is 0 Å². The van der Waals surface area contributed by atoms with Gasteiger partial charge in [0.15, 0.2) is 0 Å². The second kappa shape index (κ2) is 6.46. The van der Waals surface area contributed by atoms with Crippen molar-refractivity contribution in [2.45, 2.75) is 19.4 Å². The van der Waals surface area contributed by atoms with Gasteiger partial charge in [0.2, 0.25) is 0 Å². The monoisotopic (exact) mass is 309 g/mol. The van der Waals surface area contributed by atoms with Crippen LogP contribution >= 0.6 is 7.26 Å². The molecule has 0 aliphatic heterocycles. The van der Waals surface area contributed by atoms with Crippen molar-refractivity contribution < 1.29 is 5.48 Å². The average Bonchev–Trinajstić information content (AvgIpc) is 2.64.